The lowest BCUT2D eigenvalue weighted by molar-refractivity contribution is -0.670. The number of halogens is 3. The zero-order valence-electron chi connectivity index (χ0n) is 19.4. The zero-order valence-corrected chi connectivity index (χ0v) is 20.2. The third kappa shape index (κ3) is 5.94. The average Bonchev–Trinajstić information content (AvgIpc) is 3.54. The van der Waals surface area contributed by atoms with Crippen molar-refractivity contribution < 1.29 is 40.6 Å². The molecule has 0 atom stereocenters. The molecule has 1 aromatic carbocycles. The van der Waals surface area contributed by atoms with Gasteiger partial charge in [-0.15, -0.1) is 3.97 Å². The SMILES string of the molecule is C[n+]1ccn(S(=O)(=O)N2CCC(c3nc(-c4ccc5ccccc5n4)no3)CC2)c1.O=C([O-])C(F)(F)F. The number of hydrogen-bond acceptors (Lipinski definition) is 8. The second-order valence-electron chi connectivity index (χ2n) is 8.22. The van der Waals surface area contributed by atoms with Crippen LogP contribution in [0.3, 0.4) is 0 Å². The van der Waals surface area contributed by atoms with Crippen LogP contribution in [0.25, 0.3) is 22.4 Å². The van der Waals surface area contributed by atoms with Gasteiger partial charge in [0.15, 0.2) is 0 Å². The maximum absolute atomic E-state index is 12.8. The summed E-state index contributed by atoms with van der Waals surface area (Å²) in [4.78, 5) is 17.9. The van der Waals surface area contributed by atoms with Crippen molar-refractivity contribution in [1.82, 2.24) is 23.4 Å². The Bertz CT molecular complexity index is 1510. The van der Waals surface area contributed by atoms with E-state index in [4.69, 9.17) is 14.4 Å². The summed E-state index contributed by atoms with van der Waals surface area (Å²) in [5.41, 5.74) is 1.53. The number of carboxylic acids is 1. The highest BCUT2D eigenvalue weighted by atomic mass is 32.2. The molecule has 4 aromatic rings. The zero-order chi connectivity index (χ0) is 26.8. The monoisotopic (exact) mass is 538 g/mol. The van der Waals surface area contributed by atoms with Crippen LogP contribution < -0.4 is 9.67 Å². The number of aliphatic carboxylic acids is 1. The van der Waals surface area contributed by atoms with E-state index in [2.05, 4.69) is 15.1 Å². The van der Waals surface area contributed by atoms with Crippen LogP contribution in [0.2, 0.25) is 0 Å². The number of hydrogen-bond donors (Lipinski definition) is 0. The molecule has 1 aliphatic rings. The molecule has 11 nitrogen and oxygen atoms in total. The van der Waals surface area contributed by atoms with E-state index in [1.54, 1.807) is 30.3 Å². The number of carbonyl (C=O) groups excluding carboxylic acids is 1. The van der Waals surface area contributed by atoms with Gasteiger partial charge in [0.2, 0.25) is 11.7 Å². The van der Waals surface area contributed by atoms with Gasteiger partial charge in [-0.3, -0.25) is 0 Å². The van der Waals surface area contributed by atoms with Crippen molar-refractivity contribution >= 4 is 27.1 Å². The van der Waals surface area contributed by atoms with E-state index in [-0.39, 0.29) is 5.92 Å². The first-order valence-corrected chi connectivity index (χ1v) is 12.4. The summed E-state index contributed by atoms with van der Waals surface area (Å²) in [6, 6.07) is 11.7. The second kappa shape index (κ2) is 10.3. The number of alkyl halides is 3. The second-order valence-corrected chi connectivity index (χ2v) is 10.1. The smallest absolute Gasteiger partial charge is 0.430 e. The standard InChI is InChI=1S/C20H21N6O3S.C2HF3O2/c1-24-12-13-26(14-24)30(27,28)25-10-8-16(9-11-25)20-22-19(23-29-20)18-7-6-15-4-2-3-5-17(15)21-18;3-2(4,5)1(6)7/h2-7,12-14,16H,8-11H2,1H3;(H,6,7)/q+1;/p-1. The highest BCUT2D eigenvalue weighted by molar-refractivity contribution is 7.87. The number of benzene rings is 1. The molecule has 1 saturated heterocycles. The lowest BCUT2D eigenvalue weighted by Gasteiger charge is -2.27. The van der Waals surface area contributed by atoms with Gasteiger partial charge in [-0.2, -0.15) is 30.9 Å². The number of carboxylic acid groups (broad SMARTS) is 1. The third-order valence-corrected chi connectivity index (χ3v) is 7.41. The van der Waals surface area contributed by atoms with Crippen LogP contribution in [0.4, 0.5) is 13.2 Å². The molecule has 1 fully saturated rings. The lowest BCUT2D eigenvalue weighted by atomic mass is 9.98. The fourth-order valence-corrected chi connectivity index (χ4v) is 5.14. The van der Waals surface area contributed by atoms with Crippen molar-refractivity contribution in [3.63, 3.8) is 0 Å². The number of fused-ring (bicyclic) bond motifs is 1. The summed E-state index contributed by atoms with van der Waals surface area (Å²) in [5, 5.41) is 13.9. The summed E-state index contributed by atoms with van der Waals surface area (Å²) in [5.74, 6) is -2.00. The minimum absolute atomic E-state index is 0.0268. The van der Waals surface area contributed by atoms with Crippen molar-refractivity contribution in [3.8, 4) is 11.5 Å². The average molecular weight is 539 g/mol. The van der Waals surface area contributed by atoms with Gasteiger partial charge in [0, 0.05) is 24.4 Å². The Morgan fingerprint density at radius 3 is 2.43 bits per heavy atom. The summed E-state index contributed by atoms with van der Waals surface area (Å²) >= 11 is 0. The molecule has 0 saturated carbocycles. The van der Waals surface area contributed by atoms with Gasteiger partial charge >= 0.3 is 16.4 Å². The summed E-state index contributed by atoms with van der Waals surface area (Å²) in [6.07, 6.45) is 0.842. The van der Waals surface area contributed by atoms with Crippen molar-refractivity contribution in [3.05, 3.63) is 61.0 Å². The first-order chi connectivity index (χ1) is 17.4. The number of pyridine rings is 1. The first kappa shape index (κ1) is 26.2. The van der Waals surface area contributed by atoms with E-state index in [9.17, 15) is 21.6 Å². The Balaban J connectivity index is 0.000000405. The highest BCUT2D eigenvalue weighted by Gasteiger charge is 2.35. The quantitative estimate of drug-likeness (QED) is 0.353. The predicted molar refractivity (Wildman–Crippen MR) is 120 cm³/mol. The number of carbonyl (C=O) groups is 1. The Kier molecular flexibility index (Phi) is 7.27. The van der Waals surface area contributed by atoms with Crippen LogP contribution in [-0.2, 0) is 22.1 Å². The summed E-state index contributed by atoms with van der Waals surface area (Å²) in [6.45, 7) is 0.807. The number of aryl methyl sites for hydroxylation is 1. The first-order valence-electron chi connectivity index (χ1n) is 11.0. The van der Waals surface area contributed by atoms with Crippen molar-refractivity contribution in [1.29, 1.82) is 0 Å². The molecule has 0 amide bonds. The third-order valence-electron chi connectivity index (χ3n) is 5.64. The number of para-hydroxylation sites is 1. The Labute approximate surface area is 209 Å². The van der Waals surface area contributed by atoms with Crippen LogP contribution >= 0.6 is 0 Å². The maximum atomic E-state index is 12.8. The molecule has 0 radical (unpaired) electrons. The maximum Gasteiger partial charge on any atom is 0.430 e. The summed E-state index contributed by atoms with van der Waals surface area (Å²) < 4.78 is 67.0. The molecule has 0 bridgehead atoms. The molecule has 0 unspecified atom stereocenters. The topological polar surface area (TPSA) is 138 Å². The van der Waals surface area contributed by atoms with Gasteiger partial charge in [0.1, 0.15) is 24.1 Å². The molecule has 37 heavy (non-hydrogen) atoms. The summed E-state index contributed by atoms with van der Waals surface area (Å²) in [7, 11) is -1.77. The van der Waals surface area contributed by atoms with E-state index in [0.717, 1.165) is 10.9 Å². The fourth-order valence-electron chi connectivity index (χ4n) is 3.73. The van der Waals surface area contributed by atoms with E-state index in [1.807, 2.05) is 36.4 Å². The largest absolute Gasteiger partial charge is 0.542 e. The molecule has 5 rings (SSSR count). The lowest BCUT2D eigenvalue weighted by Crippen LogP contribution is -2.41. The van der Waals surface area contributed by atoms with Crippen LogP contribution in [0.1, 0.15) is 24.7 Å². The molecule has 15 heteroatoms. The van der Waals surface area contributed by atoms with Crippen LogP contribution in [-0.4, -0.2) is 57.1 Å². The van der Waals surface area contributed by atoms with Gasteiger partial charge in [-0.05, 0) is 25.0 Å². The van der Waals surface area contributed by atoms with Crippen molar-refractivity contribution in [2.45, 2.75) is 24.9 Å². The Hall–Kier alpha value is -3.85. The van der Waals surface area contributed by atoms with E-state index < -0.39 is 22.4 Å². The number of imidazole rings is 1. The normalized spacial score (nSPS) is 15.4. The molecular formula is C22H21F3N6O5S. The van der Waals surface area contributed by atoms with Crippen molar-refractivity contribution in [2.24, 2.45) is 7.05 Å². The molecule has 0 spiro atoms. The van der Waals surface area contributed by atoms with E-state index >= 15 is 0 Å². The van der Waals surface area contributed by atoms with Gasteiger partial charge in [0.05, 0.1) is 12.6 Å². The fraction of sp³-hybridized carbons (Fsp3) is 0.318. The van der Waals surface area contributed by atoms with Crippen LogP contribution in [0, 0.1) is 0 Å². The van der Waals surface area contributed by atoms with Gasteiger partial charge in [-0.25, -0.2) is 9.55 Å². The number of rotatable bonds is 4. The van der Waals surface area contributed by atoms with Gasteiger partial charge in [0.25, 0.3) is 6.33 Å². The molecule has 196 valence electrons. The number of nitrogens with zero attached hydrogens (tertiary/aromatic N) is 6. The Morgan fingerprint density at radius 1 is 1.14 bits per heavy atom. The minimum atomic E-state index is -5.19. The van der Waals surface area contributed by atoms with Gasteiger partial charge in [-0.1, -0.05) is 29.4 Å². The highest BCUT2D eigenvalue weighted by Crippen LogP contribution is 2.30. The van der Waals surface area contributed by atoms with Gasteiger partial charge < -0.3 is 14.4 Å². The van der Waals surface area contributed by atoms with E-state index in [1.165, 1.54) is 8.28 Å². The Morgan fingerprint density at radius 2 is 1.81 bits per heavy atom. The molecule has 0 N–H and O–H groups in total. The molecular weight excluding hydrogens is 517 g/mol. The van der Waals surface area contributed by atoms with Crippen molar-refractivity contribution in [2.75, 3.05) is 13.1 Å². The van der Waals surface area contributed by atoms with Crippen LogP contribution in [0.15, 0.2) is 59.6 Å². The molecule has 4 heterocycles. The number of aromatic nitrogens is 5. The minimum Gasteiger partial charge on any atom is -0.542 e. The van der Waals surface area contributed by atoms with E-state index in [0.29, 0.717) is 43.3 Å². The predicted octanol–water partition coefficient (Wildman–Crippen LogP) is 1.18. The molecule has 3 aromatic heterocycles. The van der Waals surface area contributed by atoms with Crippen LogP contribution in [0.5, 0.6) is 0 Å². The molecule has 0 aliphatic carbocycles. The molecule has 1 aliphatic heterocycles. The number of piperidine rings is 1.